The summed E-state index contributed by atoms with van der Waals surface area (Å²) in [6.45, 7) is 1.14. The van der Waals surface area contributed by atoms with Crippen molar-refractivity contribution in [3.63, 3.8) is 0 Å². The summed E-state index contributed by atoms with van der Waals surface area (Å²) < 4.78 is 10.1. The molecule has 2 atom stereocenters. The Morgan fingerprint density at radius 1 is 1.23 bits per heavy atom. The molecule has 3 rings (SSSR count). The van der Waals surface area contributed by atoms with Crippen molar-refractivity contribution in [2.75, 3.05) is 38.7 Å². The Labute approximate surface area is 175 Å². The van der Waals surface area contributed by atoms with Crippen molar-refractivity contribution in [3.8, 4) is 0 Å². The number of anilines is 1. The van der Waals surface area contributed by atoms with Crippen LogP contribution in [0.1, 0.15) is 48.9 Å². The Morgan fingerprint density at radius 2 is 2.00 bits per heavy atom. The smallest absolute Gasteiger partial charge is 0.338 e. The van der Waals surface area contributed by atoms with Crippen LogP contribution >= 0.6 is 0 Å². The highest BCUT2D eigenvalue weighted by Crippen LogP contribution is 2.35. The number of hydrogen-bond acceptors (Lipinski definition) is 7. The second-order valence-corrected chi connectivity index (χ2v) is 7.83. The Hall–Kier alpha value is -2.68. The number of carbonyl (C=O) groups is 2. The van der Waals surface area contributed by atoms with Crippen LogP contribution < -0.4 is 5.32 Å². The molecule has 2 aliphatic rings. The summed E-state index contributed by atoms with van der Waals surface area (Å²) in [6, 6.07) is 4.33. The average molecular weight is 419 g/mol. The lowest BCUT2D eigenvalue weighted by molar-refractivity contribution is -0.384. The molecule has 0 radical (unpaired) electrons. The van der Waals surface area contributed by atoms with Gasteiger partial charge in [-0.05, 0) is 43.7 Å². The minimum absolute atomic E-state index is 0.0426. The Balaban J connectivity index is 1.60. The number of benzene rings is 1. The van der Waals surface area contributed by atoms with Gasteiger partial charge in [-0.15, -0.1) is 0 Å². The van der Waals surface area contributed by atoms with Crippen LogP contribution in [0.5, 0.6) is 0 Å². The van der Waals surface area contributed by atoms with E-state index in [1.54, 1.807) is 0 Å². The van der Waals surface area contributed by atoms with E-state index in [-0.39, 0.29) is 29.8 Å². The molecule has 1 aromatic rings. The number of carbonyl (C=O) groups excluding carboxylic acids is 2. The number of hydrogen-bond donors (Lipinski definition) is 1. The van der Waals surface area contributed by atoms with Crippen molar-refractivity contribution < 1.29 is 24.0 Å². The molecule has 30 heavy (non-hydrogen) atoms. The van der Waals surface area contributed by atoms with Gasteiger partial charge >= 0.3 is 5.97 Å². The molecule has 1 saturated heterocycles. The second kappa shape index (κ2) is 10.4. The molecule has 0 unspecified atom stereocenters. The number of nitro groups is 1. The first-order valence-corrected chi connectivity index (χ1v) is 10.5. The van der Waals surface area contributed by atoms with E-state index in [4.69, 9.17) is 9.47 Å². The average Bonchev–Trinajstić information content (AvgIpc) is 2.77. The minimum Gasteiger partial charge on any atom is -0.452 e. The highest BCUT2D eigenvalue weighted by molar-refractivity contribution is 5.93. The maximum absolute atomic E-state index is 12.7. The highest BCUT2D eigenvalue weighted by Gasteiger charge is 2.35. The Bertz CT molecular complexity index is 782. The molecule has 1 aromatic carbocycles. The SMILES string of the molecule is COCCNc1ccc(C(=O)OCC(=O)N2CCC[C@H]3CCCC[C@H]32)cc1[N+](=O)[O-]. The zero-order valence-electron chi connectivity index (χ0n) is 17.3. The molecule has 1 N–H and O–H groups in total. The normalized spacial score (nSPS) is 20.9. The molecule has 0 aromatic heterocycles. The number of rotatable bonds is 8. The molecule has 1 amide bonds. The molecule has 2 fully saturated rings. The number of nitro benzene ring substituents is 1. The number of piperidine rings is 1. The molecule has 0 bridgehead atoms. The van der Waals surface area contributed by atoms with Gasteiger partial charge in [0.15, 0.2) is 6.61 Å². The Kier molecular flexibility index (Phi) is 7.62. The van der Waals surface area contributed by atoms with Crippen molar-refractivity contribution in [1.29, 1.82) is 0 Å². The molecular formula is C21H29N3O6. The van der Waals surface area contributed by atoms with Gasteiger partial charge in [0.05, 0.1) is 17.1 Å². The largest absolute Gasteiger partial charge is 0.452 e. The van der Waals surface area contributed by atoms with Gasteiger partial charge in [-0.25, -0.2) is 4.79 Å². The summed E-state index contributed by atoms with van der Waals surface area (Å²) in [6.07, 6.45) is 6.64. The fourth-order valence-electron chi connectivity index (χ4n) is 4.47. The standard InChI is InChI=1S/C21H29N3O6/c1-29-12-10-22-17-9-8-16(13-19(17)24(27)28)21(26)30-14-20(25)23-11-4-6-15-5-2-3-7-18(15)23/h8-9,13,15,18,22H,2-7,10-12,14H2,1H3/t15-,18-/m1/s1. The molecule has 1 saturated carbocycles. The first kappa shape index (κ1) is 22.0. The number of nitrogens with zero attached hydrogens (tertiary/aromatic N) is 2. The van der Waals surface area contributed by atoms with E-state index < -0.39 is 10.9 Å². The number of amides is 1. The molecule has 9 nitrogen and oxygen atoms in total. The number of ether oxygens (including phenoxy) is 2. The minimum atomic E-state index is -0.743. The molecule has 0 spiro atoms. The van der Waals surface area contributed by atoms with E-state index >= 15 is 0 Å². The van der Waals surface area contributed by atoms with Crippen molar-refractivity contribution >= 4 is 23.3 Å². The third-order valence-electron chi connectivity index (χ3n) is 5.94. The van der Waals surface area contributed by atoms with Crippen molar-refractivity contribution in [1.82, 2.24) is 4.90 Å². The van der Waals surface area contributed by atoms with E-state index in [2.05, 4.69) is 5.32 Å². The number of nitrogens with one attached hydrogen (secondary N) is 1. The summed E-state index contributed by atoms with van der Waals surface area (Å²) in [5.74, 6) is -0.382. The number of methoxy groups -OCH3 is 1. The van der Waals surface area contributed by atoms with Gasteiger partial charge in [-0.3, -0.25) is 14.9 Å². The van der Waals surface area contributed by atoms with Crippen LogP contribution in [0.3, 0.4) is 0 Å². The van der Waals surface area contributed by atoms with Gasteiger partial charge in [0.25, 0.3) is 11.6 Å². The fourth-order valence-corrected chi connectivity index (χ4v) is 4.47. The molecule has 1 aliphatic carbocycles. The van der Waals surface area contributed by atoms with Gasteiger partial charge in [-0.2, -0.15) is 0 Å². The molecular weight excluding hydrogens is 390 g/mol. The Morgan fingerprint density at radius 3 is 2.77 bits per heavy atom. The first-order chi connectivity index (χ1) is 14.5. The van der Waals surface area contributed by atoms with Crippen LogP contribution in [0.15, 0.2) is 18.2 Å². The van der Waals surface area contributed by atoms with Gasteiger partial charge in [-0.1, -0.05) is 12.8 Å². The summed E-state index contributed by atoms with van der Waals surface area (Å²) in [4.78, 5) is 37.8. The van der Waals surface area contributed by atoms with Crippen molar-refractivity contribution in [3.05, 3.63) is 33.9 Å². The van der Waals surface area contributed by atoms with E-state index in [0.717, 1.165) is 32.1 Å². The fraction of sp³-hybridized carbons (Fsp3) is 0.619. The molecule has 9 heteroatoms. The molecule has 1 heterocycles. The number of likely N-dealkylation sites (tertiary alicyclic amines) is 1. The summed E-state index contributed by atoms with van der Waals surface area (Å²) in [5, 5.41) is 14.3. The maximum Gasteiger partial charge on any atom is 0.338 e. The number of fused-ring (bicyclic) bond motifs is 1. The molecule has 164 valence electrons. The van der Waals surface area contributed by atoms with Crippen LogP contribution in [0.4, 0.5) is 11.4 Å². The van der Waals surface area contributed by atoms with Gasteiger partial charge in [0.1, 0.15) is 5.69 Å². The van der Waals surface area contributed by atoms with Crippen molar-refractivity contribution in [2.45, 2.75) is 44.6 Å². The van der Waals surface area contributed by atoms with Crippen LogP contribution in [0, 0.1) is 16.0 Å². The van der Waals surface area contributed by atoms with E-state index in [0.29, 0.717) is 31.3 Å². The molecule has 1 aliphatic heterocycles. The topological polar surface area (TPSA) is 111 Å². The van der Waals surface area contributed by atoms with Gasteiger partial charge < -0.3 is 19.7 Å². The monoisotopic (exact) mass is 419 g/mol. The third-order valence-corrected chi connectivity index (χ3v) is 5.94. The van der Waals surface area contributed by atoms with Crippen LogP contribution in [-0.2, 0) is 14.3 Å². The van der Waals surface area contributed by atoms with Gasteiger partial charge in [0, 0.05) is 32.3 Å². The van der Waals surface area contributed by atoms with Crippen molar-refractivity contribution in [2.24, 2.45) is 5.92 Å². The summed E-state index contributed by atoms with van der Waals surface area (Å²) in [7, 11) is 1.54. The van der Waals surface area contributed by atoms with E-state index in [1.165, 1.54) is 31.7 Å². The van der Waals surface area contributed by atoms with E-state index in [1.807, 2.05) is 4.90 Å². The lowest BCUT2D eigenvalue weighted by atomic mass is 9.78. The van der Waals surface area contributed by atoms with Crippen LogP contribution in [0.25, 0.3) is 0 Å². The maximum atomic E-state index is 12.7. The highest BCUT2D eigenvalue weighted by atomic mass is 16.6. The lowest BCUT2D eigenvalue weighted by Gasteiger charge is -2.44. The van der Waals surface area contributed by atoms with Crippen LogP contribution in [0.2, 0.25) is 0 Å². The predicted octanol–water partition coefficient (Wildman–Crippen LogP) is 2.99. The predicted molar refractivity (Wildman–Crippen MR) is 110 cm³/mol. The van der Waals surface area contributed by atoms with E-state index in [9.17, 15) is 19.7 Å². The zero-order chi connectivity index (χ0) is 21.5. The summed E-state index contributed by atoms with van der Waals surface area (Å²) >= 11 is 0. The zero-order valence-corrected chi connectivity index (χ0v) is 17.3. The lowest BCUT2D eigenvalue weighted by Crippen LogP contribution is -2.50. The van der Waals surface area contributed by atoms with Gasteiger partial charge in [0.2, 0.25) is 0 Å². The second-order valence-electron chi connectivity index (χ2n) is 7.83. The quantitative estimate of drug-likeness (QED) is 0.298. The van der Waals surface area contributed by atoms with Crippen LogP contribution in [-0.4, -0.2) is 61.2 Å². The first-order valence-electron chi connectivity index (χ1n) is 10.5. The third kappa shape index (κ3) is 5.27. The summed E-state index contributed by atoms with van der Waals surface area (Å²) in [5.41, 5.74) is 0.107. The number of esters is 1.